The van der Waals surface area contributed by atoms with E-state index in [2.05, 4.69) is 30.4 Å². The predicted molar refractivity (Wildman–Crippen MR) is 80.2 cm³/mol. The Hall–Kier alpha value is -1.06. The highest BCUT2D eigenvalue weighted by Crippen LogP contribution is 2.34. The number of fused-ring (bicyclic) bond motifs is 1. The molecule has 0 radical (unpaired) electrons. The maximum atomic E-state index is 5.93. The average Bonchev–Trinajstić information content (AvgIpc) is 2.70. The van der Waals surface area contributed by atoms with Crippen molar-refractivity contribution < 1.29 is 9.47 Å². The first-order valence-electron chi connectivity index (χ1n) is 7.92. The standard InChI is InChI=1S/C17H25NO2/c1-13-6-4-8-15-16(9-5-11-20-17(13)15)18-12-14-7-2-3-10-19-14/h4,6,8,14,16,18H,2-3,5,7,9-12H2,1H3. The molecule has 3 rings (SSSR count). The number of benzene rings is 1. The van der Waals surface area contributed by atoms with Gasteiger partial charge in [-0.2, -0.15) is 0 Å². The van der Waals surface area contributed by atoms with E-state index in [-0.39, 0.29) is 0 Å². The second-order valence-electron chi connectivity index (χ2n) is 5.93. The van der Waals surface area contributed by atoms with Gasteiger partial charge in [0, 0.05) is 24.8 Å². The summed E-state index contributed by atoms with van der Waals surface area (Å²) >= 11 is 0. The van der Waals surface area contributed by atoms with Gasteiger partial charge < -0.3 is 14.8 Å². The Labute approximate surface area is 121 Å². The van der Waals surface area contributed by atoms with E-state index in [0.29, 0.717) is 12.1 Å². The molecule has 3 nitrogen and oxygen atoms in total. The van der Waals surface area contributed by atoms with Gasteiger partial charge in [0.25, 0.3) is 0 Å². The molecule has 1 aromatic rings. The minimum Gasteiger partial charge on any atom is -0.493 e. The number of hydrogen-bond donors (Lipinski definition) is 1. The van der Waals surface area contributed by atoms with Gasteiger partial charge in [-0.15, -0.1) is 0 Å². The summed E-state index contributed by atoms with van der Waals surface area (Å²) in [6.07, 6.45) is 6.35. The Morgan fingerprint density at radius 2 is 2.10 bits per heavy atom. The van der Waals surface area contributed by atoms with Gasteiger partial charge in [0.1, 0.15) is 5.75 Å². The fraction of sp³-hybridized carbons (Fsp3) is 0.647. The van der Waals surface area contributed by atoms with Crippen LogP contribution in [0.3, 0.4) is 0 Å². The Bertz CT molecular complexity index is 441. The van der Waals surface area contributed by atoms with E-state index in [1.165, 1.54) is 30.4 Å². The molecule has 0 aliphatic carbocycles. The smallest absolute Gasteiger partial charge is 0.126 e. The summed E-state index contributed by atoms with van der Waals surface area (Å²) in [5.74, 6) is 1.09. The number of aryl methyl sites for hydroxylation is 1. The third kappa shape index (κ3) is 3.15. The molecule has 2 aliphatic rings. The summed E-state index contributed by atoms with van der Waals surface area (Å²) < 4.78 is 11.7. The molecule has 20 heavy (non-hydrogen) atoms. The van der Waals surface area contributed by atoms with Crippen molar-refractivity contribution >= 4 is 0 Å². The molecule has 2 unspecified atom stereocenters. The molecule has 0 spiro atoms. The van der Waals surface area contributed by atoms with Crippen LogP contribution in [0.15, 0.2) is 18.2 Å². The van der Waals surface area contributed by atoms with Crippen LogP contribution < -0.4 is 10.1 Å². The van der Waals surface area contributed by atoms with Gasteiger partial charge in [-0.05, 0) is 44.6 Å². The van der Waals surface area contributed by atoms with E-state index >= 15 is 0 Å². The first kappa shape index (κ1) is 13.9. The van der Waals surface area contributed by atoms with Crippen LogP contribution in [0, 0.1) is 6.92 Å². The molecule has 3 heteroatoms. The number of rotatable bonds is 3. The number of ether oxygens (including phenoxy) is 2. The van der Waals surface area contributed by atoms with Gasteiger partial charge in [-0.25, -0.2) is 0 Å². The topological polar surface area (TPSA) is 30.5 Å². The molecule has 0 aromatic heterocycles. The normalized spacial score (nSPS) is 26.4. The molecule has 0 amide bonds. The summed E-state index contributed by atoms with van der Waals surface area (Å²) in [6.45, 7) is 4.84. The molecule has 1 N–H and O–H groups in total. The minimum atomic E-state index is 0.390. The molecule has 110 valence electrons. The van der Waals surface area contributed by atoms with Crippen LogP contribution in [-0.2, 0) is 4.74 Å². The van der Waals surface area contributed by atoms with E-state index < -0.39 is 0 Å². The zero-order valence-corrected chi connectivity index (χ0v) is 12.4. The lowest BCUT2D eigenvalue weighted by Crippen LogP contribution is -2.34. The van der Waals surface area contributed by atoms with E-state index in [1.54, 1.807) is 0 Å². The second kappa shape index (κ2) is 6.59. The van der Waals surface area contributed by atoms with Crippen LogP contribution in [0.4, 0.5) is 0 Å². The van der Waals surface area contributed by atoms with Crippen molar-refractivity contribution in [2.45, 2.75) is 51.2 Å². The minimum absolute atomic E-state index is 0.390. The van der Waals surface area contributed by atoms with Gasteiger partial charge in [0.2, 0.25) is 0 Å². The molecule has 1 aromatic carbocycles. The molecule has 1 saturated heterocycles. The number of hydrogen-bond acceptors (Lipinski definition) is 3. The summed E-state index contributed by atoms with van der Waals surface area (Å²) in [5, 5.41) is 3.71. The molecule has 2 aliphatic heterocycles. The summed E-state index contributed by atoms with van der Waals surface area (Å²) in [7, 11) is 0. The zero-order valence-electron chi connectivity index (χ0n) is 12.4. The van der Waals surface area contributed by atoms with Crippen LogP contribution >= 0.6 is 0 Å². The predicted octanol–water partition coefficient (Wildman–Crippen LogP) is 3.37. The average molecular weight is 275 g/mol. The Balaban J connectivity index is 1.68. The maximum absolute atomic E-state index is 5.93. The lowest BCUT2D eigenvalue weighted by atomic mass is 9.99. The lowest BCUT2D eigenvalue weighted by molar-refractivity contribution is 0.0152. The van der Waals surface area contributed by atoms with Crippen LogP contribution in [0.5, 0.6) is 5.75 Å². The summed E-state index contributed by atoms with van der Waals surface area (Å²) in [5.41, 5.74) is 2.56. The van der Waals surface area contributed by atoms with E-state index in [0.717, 1.165) is 38.3 Å². The maximum Gasteiger partial charge on any atom is 0.126 e. The second-order valence-corrected chi connectivity index (χ2v) is 5.93. The van der Waals surface area contributed by atoms with Crippen molar-refractivity contribution in [3.8, 4) is 5.75 Å². The molecule has 0 bridgehead atoms. The van der Waals surface area contributed by atoms with E-state index in [4.69, 9.17) is 9.47 Å². The highest BCUT2D eigenvalue weighted by Gasteiger charge is 2.22. The van der Waals surface area contributed by atoms with Gasteiger partial charge in [-0.1, -0.05) is 18.2 Å². The van der Waals surface area contributed by atoms with Crippen molar-refractivity contribution in [2.75, 3.05) is 19.8 Å². The summed E-state index contributed by atoms with van der Waals surface area (Å²) in [6, 6.07) is 6.87. The first-order valence-corrected chi connectivity index (χ1v) is 7.92. The molecule has 2 atom stereocenters. The molecule has 2 heterocycles. The fourth-order valence-corrected chi connectivity index (χ4v) is 3.22. The third-order valence-corrected chi connectivity index (χ3v) is 4.37. The zero-order chi connectivity index (χ0) is 13.8. The van der Waals surface area contributed by atoms with Gasteiger partial charge in [0.05, 0.1) is 12.7 Å². The van der Waals surface area contributed by atoms with Crippen LogP contribution in [0.25, 0.3) is 0 Å². The van der Waals surface area contributed by atoms with Crippen LogP contribution in [0.1, 0.15) is 49.3 Å². The van der Waals surface area contributed by atoms with Crippen molar-refractivity contribution in [1.29, 1.82) is 0 Å². The Morgan fingerprint density at radius 3 is 2.95 bits per heavy atom. The summed E-state index contributed by atoms with van der Waals surface area (Å²) in [4.78, 5) is 0. The lowest BCUT2D eigenvalue weighted by Gasteiger charge is -2.26. The monoisotopic (exact) mass is 275 g/mol. The molecule has 0 saturated carbocycles. The van der Waals surface area contributed by atoms with Gasteiger partial charge in [0.15, 0.2) is 0 Å². The highest BCUT2D eigenvalue weighted by atomic mass is 16.5. The van der Waals surface area contributed by atoms with E-state index in [1.807, 2.05) is 0 Å². The van der Waals surface area contributed by atoms with Crippen LogP contribution in [-0.4, -0.2) is 25.9 Å². The molecular formula is C17H25NO2. The van der Waals surface area contributed by atoms with Crippen molar-refractivity contribution in [3.05, 3.63) is 29.3 Å². The van der Waals surface area contributed by atoms with Crippen LogP contribution in [0.2, 0.25) is 0 Å². The molecule has 1 fully saturated rings. The quantitative estimate of drug-likeness (QED) is 0.917. The SMILES string of the molecule is Cc1cccc2c1OCCCC2NCC1CCCCO1. The van der Waals surface area contributed by atoms with Gasteiger partial charge in [-0.3, -0.25) is 0 Å². The van der Waals surface area contributed by atoms with Gasteiger partial charge >= 0.3 is 0 Å². The Morgan fingerprint density at radius 1 is 1.15 bits per heavy atom. The van der Waals surface area contributed by atoms with Crippen molar-refractivity contribution in [3.63, 3.8) is 0 Å². The largest absolute Gasteiger partial charge is 0.493 e. The number of nitrogens with one attached hydrogen (secondary N) is 1. The number of para-hydroxylation sites is 1. The third-order valence-electron chi connectivity index (χ3n) is 4.37. The van der Waals surface area contributed by atoms with Crippen molar-refractivity contribution in [2.24, 2.45) is 0 Å². The fourth-order valence-electron chi connectivity index (χ4n) is 3.22. The first-order chi connectivity index (χ1) is 9.84. The highest BCUT2D eigenvalue weighted by molar-refractivity contribution is 5.43. The van der Waals surface area contributed by atoms with Crippen molar-refractivity contribution in [1.82, 2.24) is 5.32 Å². The van der Waals surface area contributed by atoms with E-state index in [9.17, 15) is 0 Å². The molecular weight excluding hydrogens is 250 g/mol. The Kier molecular flexibility index (Phi) is 4.58.